The van der Waals surface area contributed by atoms with Crippen molar-refractivity contribution in [2.45, 2.75) is 12.5 Å². The van der Waals surface area contributed by atoms with Gasteiger partial charge in [0.15, 0.2) is 0 Å². The maximum Gasteiger partial charge on any atom is 0.255 e. The van der Waals surface area contributed by atoms with E-state index in [2.05, 4.69) is 15.3 Å². The van der Waals surface area contributed by atoms with Gasteiger partial charge in [0, 0.05) is 49.1 Å². The van der Waals surface area contributed by atoms with Crippen molar-refractivity contribution in [1.82, 2.24) is 20.2 Å². The summed E-state index contributed by atoms with van der Waals surface area (Å²) in [6, 6.07) is 10.9. The normalized spacial score (nSPS) is 16.9. The van der Waals surface area contributed by atoms with E-state index in [0.29, 0.717) is 67.1 Å². The molecule has 1 saturated heterocycles. The molecule has 1 fully saturated rings. The van der Waals surface area contributed by atoms with Crippen molar-refractivity contribution in [3.05, 3.63) is 76.6 Å². The van der Waals surface area contributed by atoms with Gasteiger partial charge >= 0.3 is 0 Å². The average molecular weight is 520 g/mol. The molecule has 1 atom stereocenters. The van der Waals surface area contributed by atoms with Gasteiger partial charge in [-0.1, -0.05) is 11.6 Å². The van der Waals surface area contributed by atoms with Crippen LogP contribution in [0.4, 0.5) is 5.82 Å². The minimum atomic E-state index is -0.237. The van der Waals surface area contributed by atoms with Gasteiger partial charge in [0.1, 0.15) is 17.7 Å². The van der Waals surface area contributed by atoms with Gasteiger partial charge < -0.3 is 25.4 Å². The number of nitrogen functional groups attached to an aromatic ring is 1. The topological polar surface area (TPSA) is 120 Å². The smallest absolute Gasteiger partial charge is 0.255 e. The van der Waals surface area contributed by atoms with E-state index >= 15 is 0 Å². The van der Waals surface area contributed by atoms with Crippen LogP contribution in [-0.4, -0.2) is 65.6 Å². The van der Waals surface area contributed by atoms with Crippen LogP contribution in [0.2, 0.25) is 5.02 Å². The summed E-state index contributed by atoms with van der Waals surface area (Å²) in [7, 11) is 0. The number of rotatable bonds is 6. The first kappa shape index (κ1) is 24.7. The number of carbonyl (C=O) groups is 2. The second-order valence-corrected chi connectivity index (χ2v) is 9.23. The van der Waals surface area contributed by atoms with E-state index < -0.39 is 0 Å². The van der Waals surface area contributed by atoms with Crippen molar-refractivity contribution in [3.8, 4) is 17.0 Å². The van der Waals surface area contributed by atoms with E-state index in [0.717, 1.165) is 16.7 Å². The first-order valence-corrected chi connectivity index (χ1v) is 12.3. The van der Waals surface area contributed by atoms with Crippen LogP contribution in [0.3, 0.4) is 0 Å². The number of benzene rings is 1. The highest BCUT2D eigenvalue weighted by atomic mass is 35.5. The van der Waals surface area contributed by atoms with Crippen molar-refractivity contribution in [3.63, 3.8) is 0 Å². The van der Waals surface area contributed by atoms with Crippen LogP contribution < -0.4 is 15.8 Å². The molecule has 5 rings (SSSR count). The fourth-order valence-corrected chi connectivity index (χ4v) is 4.53. The predicted molar refractivity (Wildman–Crippen MR) is 140 cm³/mol. The Bertz CT molecular complexity index is 1320. The first-order chi connectivity index (χ1) is 18.0. The lowest BCUT2D eigenvalue weighted by atomic mass is 10.0. The number of halogens is 1. The van der Waals surface area contributed by atoms with Crippen molar-refractivity contribution >= 4 is 35.3 Å². The second-order valence-electron chi connectivity index (χ2n) is 8.82. The predicted octanol–water partition coefficient (Wildman–Crippen LogP) is 2.98. The molecule has 0 aliphatic carbocycles. The Labute approximate surface area is 219 Å². The highest BCUT2D eigenvalue weighted by Crippen LogP contribution is 2.39. The molecule has 37 heavy (non-hydrogen) atoms. The highest BCUT2D eigenvalue weighted by molar-refractivity contribution is 6.32. The Hall–Kier alpha value is -3.95. The third kappa shape index (κ3) is 5.90. The number of carbonyl (C=O) groups excluding carboxylic acids is 2. The number of pyridine rings is 2. The van der Waals surface area contributed by atoms with E-state index in [9.17, 15) is 9.59 Å². The number of nitrogens with one attached hydrogen (secondary N) is 1. The monoisotopic (exact) mass is 519 g/mol. The van der Waals surface area contributed by atoms with E-state index in [4.69, 9.17) is 26.8 Å². The fourth-order valence-electron chi connectivity index (χ4n) is 4.25. The second kappa shape index (κ2) is 11.0. The third-order valence-corrected chi connectivity index (χ3v) is 6.48. The number of morpholine rings is 1. The van der Waals surface area contributed by atoms with Gasteiger partial charge in [0.05, 0.1) is 36.0 Å². The number of ether oxygens (including phenoxy) is 2. The van der Waals surface area contributed by atoms with Gasteiger partial charge in [0.2, 0.25) is 5.91 Å². The van der Waals surface area contributed by atoms with Crippen molar-refractivity contribution in [2.75, 3.05) is 38.6 Å². The fraction of sp³-hybridized carbons (Fsp3) is 0.259. The molecule has 1 aromatic carbocycles. The van der Waals surface area contributed by atoms with Crippen molar-refractivity contribution in [1.29, 1.82) is 0 Å². The molecular weight excluding hydrogens is 494 g/mol. The zero-order chi connectivity index (χ0) is 25.8. The summed E-state index contributed by atoms with van der Waals surface area (Å²) in [5.41, 5.74) is 9.38. The lowest BCUT2D eigenvalue weighted by Crippen LogP contribution is -2.40. The number of hydrogen-bond acceptors (Lipinski definition) is 7. The van der Waals surface area contributed by atoms with E-state index in [1.54, 1.807) is 47.6 Å². The van der Waals surface area contributed by atoms with Gasteiger partial charge in [-0.2, -0.15) is 0 Å². The minimum absolute atomic E-state index is 0.0485. The van der Waals surface area contributed by atoms with Gasteiger partial charge in [-0.05, 0) is 48.0 Å². The van der Waals surface area contributed by atoms with Gasteiger partial charge in [-0.25, -0.2) is 4.98 Å². The number of nitrogens with two attached hydrogens (primary N) is 1. The summed E-state index contributed by atoms with van der Waals surface area (Å²) in [5, 5.41) is 3.33. The SMILES string of the molecule is Nc1ccc(C=CC(=O)NCC2Cc3cc(-c4ccc(C(=O)N5CCOCC5)cn4)cc(Cl)c3O2)cn1. The molecule has 9 nitrogen and oxygen atoms in total. The Morgan fingerprint density at radius 1 is 1.14 bits per heavy atom. The highest BCUT2D eigenvalue weighted by Gasteiger charge is 2.26. The summed E-state index contributed by atoms with van der Waals surface area (Å²) in [4.78, 5) is 35.2. The molecule has 4 heterocycles. The molecule has 2 aromatic heterocycles. The Balaban J connectivity index is 1.19. The van der Waals surface area contributed by atoms with Crippen LogP contribution >= 0.6 is 11.6 Å². The molecule has 0 spiro atoms. The molecule has 190 valence electrons. The summed E-state index contributed by atoms with van der Waals surface area (Å²) in [6.07, 6.45) is 6.67. The Morgan fingerprint density at radius 3 is 2.70 bits per heavy atom. The summed E-state index contributed by atoms with van der Waals surface area (Å²) < 4.78 is 11.3. The summed E-state index contributed by atoms with van der Waals surface area (Å²) in [5.74, 6) is 0.756. The third-order valence-electron chi connectivity index (χ3n) is 6.20. The molecular formula is C27H26ClN5O4. The molecule has 3 N–H and O–H groups in total. The maximum atomic E-state index is 12.7. The molecule has 1 unspecified atom stereocenters. The van der Waals surface area contributed by atoms with Gasteiger partial charge in [-0.15, -0.1) is 0 Å². The molecule has 0 radical (unpaired) electrons. The number of anilines is 1. The van der Waals surface area contributed by atoms with Crippen LogP contribution in [0, 0.1) is 0 Å². The molecule has 2 aliphatic heterocycles. The lowest BCUT2D eigenvalue weighted by Gasteiger charge is -2.26. The molecule has 2 aliphatic rings. The summed E-state index contributed by atoms with van der Waals surface area (Å²) >= 11 is 6.53. The van der Waals surface area contributed by atoms with E-state index in [-0.39, 0.29) is 17.9 Å². The number of aromatic nitrogens is 2. The molecule has 0 saturated carbocycles. The number of amides is 2. The quantitative estimate of drug-likeness (QED) is 0.480. The molecule has 0 bridgehead atoms. The minimum Gasteiger partial charge on any atom is -0.486 e. The van der Waals surface area contributed by atoms with Crippen LogP contribution in [-0.2, 0) is 16.0 Å². The van der Waals surface area contributed by atoms with Crippen LogP contribution in [0.15, 0.2) is 54.9 Å². The van der Waals surface area contributed by atoms with Crippen molar-refractivity contribution in [2.24, 2.45) is 0 Å². The largest absolute Gasteiger partial charge is 0.486 e. The standard InChI is InChI=1S/C27H26ClN5O4/c28-22-13-19(23-4-3-18(15-30-23)27(35)33-7-9-36-10-8-33)11-20-12-21(37-26(20)22)16-32-25(34)6-2-17-1-5-24(29)31-14-17/h1-6,11,13-15,21H,7-10,12,16H2,(H2,29,31)(H,32,34). The van der Waals surface area contributed by atoms with Gasteiger partial charge in [-0.3, -0.25) is 14.6 Å². The number of hydrogen-bond donors (Lipinski definition) is 2. The Morgan fingerprint density at radius 2 is 1.97 bits per heavy atom. The van der Waals surface area contributed by atoms with Gasteiger partial charge in [0.25, 0.3) is 5.91 Å². The molecule has 3 aromatic rings. The van der Waals surface area contributed by atoms with Crippen LogP contribution in [0.25, 0.3) is 17.3 Å². The molecule has 2 amide bonds. The first-order valence-electron chi connectivity index (χ1n) is 12.0. The Kier molecular flexibility index (Phi) is 7.34. The zero-order valence-corrected chi connectivity index (χ0v) is 20.8. The van der Waals surface area contributed by atoms with Crippen LogP contribution in [0.5, 0.6) is 5.75 Å². The molecule has 10 heteroatoms. The summed E-state index contributed by atoms with van der Waals surface area (Å²) in [6.45, 7) is 2.60. The number of nitrogens with zero attached hydrogens (tertiary/aromatic N) is 3. The maximum absolute atomic E-state index is 12.7. The van der Waals surface area contributed by atoms with Crippen molar-refractivity contribution < 1.29 is 19.1 Å². The van der Waals surface area contributed by atoms with E-state index in [1.807, 2.05) is 12.1 Å². The van der Waals surface area contributed by atoms with E-state index in [1.165, 1.54) is 6.08 Å². The average Bonchev–Trinajstić information content (AvgIpc) is 3.35. The number of fused-ring (bicyclic) bond motifs is 1. The zero-order valence-electron chi connectivity index (χ0n) is 20.0. The van der Waals surface area contributed by atoms with Crippen LogP contribution in [0.1, 0.15) is 21.5 Å². The lowest BCUT2D eigenvalue weighted by molar-refractivity contribution is -0.116.